The molecule has 0 aromatic carbocycles. The summed E-state index contributed by atoms with van der Waals surface area (Å²) >= 11 is 1.87. The summed E-state index contributed by atoms with van der Waals surface area (Å²) in [4.78, 5) is 4.15. The third kappa shape index (κ3) is 5.22. The van der Waals surface area contributed by atoms with Crippen molar-refractivity contribution >= 4 is 11.3 Å². The van der Waals surface area contributed by atoms with E-state index in [1.165, 1.54) is 17.7 Å². The Morgan fingerprint density at radius 3 is 3.00 bits per heavy atom. The Kier molecular flexibility index (Phi) is 6.31. The van der Waals surface area contributed by atoms with Gasteiger partial charge in [0.25, 0.3) is 0 Å². The fourth-order valence-corrected chi connectivity index (χ4v) is 3.12. The van der Waals surface area contributed by atoms with Crippen molar-refractivity contribution in [2.24, 2.45) is 0 Å². The number of methoxy groups -OCH3 is 1. The van der Waals surface area contributed by atoms with Crippen molar-refractivity contribution in [1.82, 2.24) is 10.2 Å². The molecule has 1 N–H and O–H groups in total. The predicted molar refractivity (Wildman–Crippen MR) is 81.7 cm³/mol. The largest absolute Gasteiger partial charge is 0.385 e. The molecule has 0 radical (unpaired) electrons. The minimum absolute atomic E-state index is 0.608. The van der Waals surface area contributed by atoms with Gasteiger partial charge in [0.05, 0.1) is 0 Å². The first kappa shape index (κ1) is 15.0. The quantitative estimate of drug-likeness (QED) is 0.668. The average Bonchev–Trinajstić information content (AvgIpc) is 3.12. The molecule has 1 aromatic heterocycles. The van der Waals surface area contributed by atoms with Crippen LogP contribution in [0.1, 0.15) is 31.1 Å². The highest BCUT2D eigenvalue weighted by molar-refractivity contribution is 7.09. The second kappa shape index (κ2) is 8.00. The van der Waals surface area contributed by atoms with Crippen LogP contribution in [0, 0.1) is 0 Å². The molecule has 2 rings (SSSR count). The molecule has 1 unspecified atom stereocenters. The van der Waals surface area contributed by atoms with Crippen molar-refractivity contribution in [3.8, 4) is 0 Å². The van der Waals surface area contributed by atoms with Gasteiger partial charge in [0, 0.05) is 43.8 Å². The van der Waals surface area contributed by atoms with Crippen LogP contribution in [0.15, 0.2) is 17.5 Å². The minimum atomic E-state index is 0.608. The first-order valence-electron chi connectivity index (χ1n) is 7.29. The van der Waals surface area contributed by atoms with Gasteiger partial charge in [-0.2, -0.15) is 0 Å². The SMILES string of the molecule is COCCCNCC(C)N(Cc1cccs1)C1CC1. The Bertz CT molecular complexity index is 338. The lowest BCUT2D eigenvalue weighted by Gasteiger charge is -2.29. The number of nitrogens with one attached hydrogen (secondary N) is 1. The Balaban J connectivity index is 1.72. The van der Waals surface area contributed by atoms with Gasteiger partial charge in [0.1, 0.15) is 0 Å². The molecule has 4 heteroatoms. The van der Waals surface area contributed by atoms with Crippen molar-refractivity contribution in [3.05, 3.63) is 22.4 Å². The van der Waals surface area contributed by atoms with Gasteiger partial charge in [0.15, 0.2) is 0 Å². The molecule has 0 amide bonds. The summed E-state index contributed by atoms with van der Waals surface area (Å²) in [6.45, 7) is 6.43. The summed E-state index contributed by atoms with van der Waals surface area (Å²) in [7, 11) is 1.76. The predicted octanol–water partition coefficient (Wildman–Crippen LogP) is 2.73. The lowest BCUT2D eigenvalue weighted by Crippen LogP contribution is -2.41. The van der Waals surface area contributed by atoms with E-state index in [9.17, 15) is 0 Å². The van der Waals surface area contributed by atoms with E-state index in [0.29, 0.717) is 6.04 Å². The summed E-state index contributed by atoms with van der Waals surface area (Å²) in [6, 6.07) is 5.83. The van der Waals surface area contributed by atoms with E-state index in [1.807, 2.05) is 11.3 Å². The number of ether oxygens (including phenoxy) is 1. The van der Waals surface area contributed by atoms with E-state index in [1.54, 1.807) is 7.11 Å². The third-order valence-electron chi connectivity index (χ3n) is 3.64. The van der Waals surface area contributed by atoms with Gasteiger partial charge in [-0.25, -0.2) is 0 Å². The van der Waals surface area contributed by atoms with Gasteiger partial charge < -0.3 is 10.1 Å². The van der Waals surface area contributed by atoms with E-state index in [4.69, 9.17) is 4.74 Å². The highest BCUT2D eigenvalue weighted by Gasteiger charge is 2.32. The zero-order valence-corrected chi connectivity index (χ0v) is 12.9. The Morgan fingerprint density at radius 1 is 1.53 bits per heavy atom. The van der Waals surface area contributed by atoms with Crippen LogP contribution < -0.4 is 5.32 Å². The Hall–Kier alpha value is -0.420. The van der Waals surface area contributed by atoms with E-state index >= 15 is 0 Å². The number of hydrogen-bond donors (Lipinski definition) is 1. The van der Waals surface area contributed by atoms with Gasteiger partial charge in [-0.1, -0.05) is 6.07 Å². The number of hydrogen-bond acceptors (Lipinski definition) is 4. The fourth-order valence-electron chi connectivity index (χ4n) is 2.40. The lowest BCUT2D eigenvalue weighted by atomic mass is 10.2. The molecule has 0 spiro atoms. The molecule has 1 aliphatic carbocycles. The van der Waals surface area contributed by atoms with Gasteiger partial charge in [-0.05, 0) is 44.2 Å². The second-order valence-electron chi connectivity index (χ2n) is 5.38. The van der Waals surface area contributed by atoms with Crippen molar-refractivity contribution in [2.75, 3.05) is 26.8 Å². The minimum Gasteiger partial charge on any atom is -0.385 e. The van der Waals surface area contributed by atoms with E-state index in [-0.39, 0.29) is 0 Å². The molecule has 0 bridgehead atoms. The molecule has 108 valence electrons. The summed E-state index contributed by atoms with van der Waals surface area (Å²) in [5, 5.41) is 5.72. The molecule has 1 aromatic rings. The van der Waals surface area contributed by atoms with Crippen LogP contribution in [0.4, 0.5) is 0 Å². The molecular weight excluding hydrogens is 256 g/mol. The zero-order valence-electron chi connectivity index (χ0n) is 12.1. The average molecular weight is 282 g/mol. The monoisotopic (exact) mass is 282 g/mol. The van der Waals surface area contributed by atoms with Crippen LogP contribution in [0.3, 0.4) is 0 Å². The molecule has 1 saturated carbocycles. The number of rotatable bonds is 10. The molecule has 19 heavy (non-hydrogen) atoms. The fraction of sp³-hybridized carbons (Fsp3) is 0.733. The number of nitrogens with zero attached hydrogens (tertiary/aromatic N) is 1. The van der Waals surface area contributed by atoms with Crippen LogP contribution in [0.25, 0.3) is 0 Å². The van der Waals surface area contributed by atoms with Crippen molar-refractivity contribution < 1.29 is 4.74 Å². The molecule has 1 atom stereocenters. The highest BCUT2D eigenvalue weighted by Crippen LogP contribution is 2.30. The summed E-state index contributed by atoms with van der Waals surface area (Å²) < 4.78 is 5.07. The van der Waals surface area contributed by atoms with Crippen molar-refractivity contribution in [3.63, 3.8) is 0 Å². The molecule has 0 aliphatic heterocycles. The summed E-state index contributed by atoms with van der Waals surface area (Å²) in [6.07, 6.45) is 3.84. The normalized spacial score (nSPS) is 17.0. The van der Waals surface area contributed by atoms with Gasteiger partial charge in [-0.15, -0.1) is 11.3 Å². The van der Waals surface area contributed by atoms with Gasteiger partial charge in [-0.3, -0.25) is 4.90 Å². The van der Waals surface area contributed by atoms with Gasteiger partial charge >= 0.3 is 0 Å². The zero-order chi connectivity index (χ0) is 13.5. The summed E-state index contributed by atoms with van der Waals surface area (Å²) in [5.41, 5.74) is 0. The molecule has 1 aliphatic rings. The maximum absolute atomic E-state index is 5.07. The molecular formula is C15H26N2OS. The molecule has 1 fully saturated rings. The Labute approximate surface area is 121 Å². The maximum Gasteiger partial charge on any atom is 0.0474 e. The van der Waals surface area contributed by atoms with E-state index in [0.717, 1.165) is 38.7 Å². The van der Waals surface area contributed by atoms with Crippen LogP contribution in [-0.2, 0) is 11.3 Å². The first-order valence-corrected chi connectivity index (χ1v) is 8.17. The number of thiophene rings is 1. The standard InChI is InChI=1S/C15H26N2OS/c1-13(11-16-8-4-9-18-2)17(14-6-7-14)12-15-5-3-10-19-15/h3,5,10,13-14,16H,4,6-9,11-12H2,1-2H3. The van der Waals surface area contributed by atoms with E-state index in [2.05, 4.69) is 34.7 Å². The highest BCUT2D eigenvalue weighted by atomic mass is 32.1. The van der Waals surface area contributed by atoms with Crippen LogP contribution in [0.5, 0.6) is 0 Å². The lowest BCUT2D eigenvalue weighted by molar-refractivity contribution is 0.179. The third-order valence-corrected chi connectivity index (χ3v) is 4.50. The Morgan fingerprint density at radius 2 is 2.37 bits per heavy atom. The second-order valence-corrected chi connectivity index (χ2v) is 6.41. The molecule has 1 heterocycles. The van der Waals surface area contributed by atoms with Crippen LogP contribution >= 0.6 is 11.3 Å². The van der Waals surface area contributed by atoms with Crippen molar-refractivity contribution in [1.29, 1.82) is 0 Å². The molecule has 3 nitrogen and oxygen atoms in total. The van der Waals surface area contributed by atoms with Crippen LogP contribution in [0.2, 0.25) is 0 Å². The van der Waals surface area contributed by atoms with Crippen molar-refractivity contribution in [2.45, 2.75) is 44.8 Å². The smallest absolute Gasteiger partial charge is 0.0474 e. The topological polar surface area (TPSA) is 24.5 Å². The molecule has 0 saturated heterocycles. The summed E-state index contributed by atoms with van der Waals surface area (Å²) in [5.74, 6) is 0. The first-order chi connectivity index (χ1) is 9.31. The van der Waals surface area contributed by atoms with E-state index < -0.39 is 0 Å². The van der Waals surface area contributed by atoms with Gasteiger partial charge in [0.2, 0.25) is 0 Å². The maximum atomic E-state index is 5.07. The van der Waals surface area contributed by atoms with Crippen LogP contribution in [-0.4, -0.2) is 43.8 Å².